The Bertz CT molecular complexity index is 897. The molecular weight excluding hydrogens is 334 g/mol. The lowest BCUT2D eigenvalue weighted by atomic mass is 10.1. The Morgan fingerprint density at radius 1 is 0.808 bits per heavy atom. The summed E-state index contributed by atoms with van der Waals surface area (Å²) in [6, 6.07) is 13.2. The van der Waals surface area contributed by atoms with Crippen LogP contribution in [0.25, 0.3) is 0 Å². The number of anilines is 2. The molecule has 7 heteroatoms. The standard InChI is InChI=1S/C19H13N3O4/c23-10-12-3-1-5-14(7-12)20-16-9-17(25)19(26)22-18(16)21-15-6-2-4-13(8-15)11-24/h1-11,20H,(H,21,22,26). The van der Waals surface area contributed by atoms with E-state index < -0.39 is 11.7 Å². The maximum atomic E-state index is 11.7. The van der Waals surface area contributed by atoms with E-state index in [-0.39, 0.29) is 11.5 Å². The number of nitrogens with one attached hydrogen (secondary N) is 2. The van der Waals surface area contributed by atoms with Gasteiger partial charge < -0.3 is 10.6 Å². The average Bonchev–Trinajstić information content (AvgIpc) is 2.66. The number of carbonyl (C=O) groups excluding carboxylic acids is 4. The first-order valence-electron chi connectivity index (χ1n) is 7.62. The molecule has 0 unspecified atom stereocenters. The minimum Gasteiger partial charge on any atom is -0.352 e. The van der Waals surface area contributed by atoms with Crippen LogP contribution in [-0.2, 0) is 9.59 Å². The molecule has 128 valence electrons. The summed E-state index contributed by atoms with van der Waals surface area (Å²) in [7, 11) is 0. The molecule has 2 N–H and O–H groups in total. The van der Waals surface area contributed by atoms with Gasteiger partial charge >= 0.3 is 5.91 Å². The van der Waals surface area contributed by atoms with Gasteiger partial charge in [-0.1, -0.05) is 24.3 Å². The molecule has 0 aromatic heterocycles. The minimum absolute atomic E-state index is 0.133. The molecule has 1 amide bonds. The summed E-state index contributed by atoms with van der Waals surface area (Å²) in [4.78, 5) is 48.9. The summed E-state index contributed by atoms with van der Waals surface area (Å²) in [6.45, 7) is 0. The number of hydrogen-bond acceptors (Lipinski definition) is 6. The molecule has 1 aliphatic rings. The lowest BCUT2D eigenvalue weighted by Gasteiger charge is -2.18. The zero-order valence-electron chi connectivity index (χ0n) is 13.4. The van der Waals surface area contributed by atoms with E-state index in [1.54, 1.807) is 48.5 Å². The summed E-state index contributed by atoms with van der Waals surface area (Å²) >= 11 is 0. The van der Waals surface area contributed by atoms with E-state index in [2.05, 4.69) is 15.6 Å². The zero-order valence-corrected chi connectivity index (χ0v) is 13.4. The molecule has 26 heavy (non-hydrogen) atoms. The molecule has 0 atom stereocenters. The van der Waals surface area contributed by atoms with E-state index in [0.717, 1.165) is 6.08 Å². The SMILES string of the molecule is O=Cc1cccc(NC2=CC(=O)C(=O)N=C2Nc2cccc(C=O)c2)c1. The van der Waals surface area contributed by atoms with Crippen molar-refractivity contribution in [2.45, 2.75) is 0 Å². The van der Waals surface area contributed by atoms with E-state index in [1.807, 2.05) is 0 Å². The molecular formula is C19H13N3O4. The second-order valence-electron chi connectivity index (χ2n) is 5.42. The molecule has 1 heterocycles. The molecule has 0 aliphatic carbocycles. The molecule has 7 nitrogen and oxygen atoms in total. The van der Waals surface area contributed by atoms with Crippen molar-refractivity contribution in [1.82, 2.24) is 0 Å². The fourth-order valence-electron chi connectivity index (χ4n) is 2.34. The van der Waals surface area contributed by atoms with Gasteiger partial charge in [-0.05, 0) is 24.3 Å². The first-order chi connectivity index (χ1) is 12.6. The predicted octanol–water partition coefficient (Wildman–Crippen LogP) is 2.23. The number of nitrogens with zero attached hydrogens (tertiary/aromatic N) is 1. The third-order valence-corrected chi connectivity index (χ3v) is 3.54. The number of amidine groups is 1. The largest absolute Gasteiger partial charge is 0.352 e. The highest BCUT2D eigenvalue weighted by Gasteiger charge is 2.22. The number of rotatable bonds is 5. The highest BCUT2D eigenvalue weighted by molar-refractivity contribution is 6.46. The highest BCUT2D eigenvalue weighted by Crippen LogP contribution is 2.17. The van der Waals surface area contributed by atoms with Gasteiger partial charge in [0.05, 0.1) is 5.70 Å². The molecule has 0 saturated heterocycles. The Labute approximate surface area is 148 Å². The van der Waals surface area contributed by atoms with Crippen LogP contribution in [0.3, 0.4) is 0 Å². The maximum Gasteiger partial charge on any atom is 0.319 e. The Morgan fingerprint density at radius 3 is 1.96 bits per heavy atom. The Balaban J connectivity index is 1.90. The minimum atomic E-state index is -0.897. The third-order valence-electron chi connectivity index (χ3n) is 3.54. The molecule has 0 fully saturated rings. The summed E-state index contributed by atoms with van der Waals surface area (Å²) in [5.74, 6) is -1.52. The van der Waals surface area contributed by atoms with E-state index in [1.165, 1.54) is 0 Å². The van der Waals surface area contributed by atoms with Crippen molar-refractivity contribution in [3.8, 4) is 0 Å². The number of aldehydes is 2. The quantitative estimate of drug-likeness (QED) is 0.635. The van der Waals surface area contributed by atoms with Crippen LogP contribution in [0.2, 0.25) is 0 Å². The monoisotopic (exact) mass is 347 g/mol. The summed E-state index contributed by atoms with van der Waals surface area (Å²) < 4.78 is 0. The van der Waals surface area contributed by atoms with Gasteiger partial charge in [-0.3, -0.25) is 19.2 Å². The van der Waals surface area contributed by atoms with Crippen molar-refractivity contribution < 1.29 is 19.2 Å². The number of dihydropyridines is 1. The van der Waals surface area contributed by atoms with E-state index in [0.29, 0.717) is 35.1 Å². The van der Waals surface area contributed by atoms with Gasteiger partial charge in [0.2, 0.25) is 5.78 Å². The molecule has 0 saturated carbocycles. The van der Waals surface area contributed by atoms with Gasteiger partial charge in [-0.25, -0.2) is 0 Å². The number of benzene rings is 2. The fraction of sp³-hybridized carbons (Fsp3) is 0. The smallest absolute Gasteiger partial charge is 0.319 e. The molecule has 0 radical (unpaired) electrons. The summed E-state index contributed by atoms with van der Waals surface area (Å²) in [5, 5.41) is 5.90. The van der Waals surface area contributed by atoms with Crippen molar-refractivity contribution in [2.75, 3.05) is 10.6 Å². The van der Waals surface area contributed by atoms with E-state index in [4.69, 9.17) is 0 Å². The van der Waals surface area contributed by atoms with Crippen LogP contribution >= 0.6 is 0 Å². The molecule has 2 aromatic carbocycles. The van der Waals surface area contributed by atoms with E-state index >= 15 is 0 Å². The molecule has 0 bridgehead atoms. The number of amides is 1. The highest BCUT2D eigenvalue weighted by atomic mass is 16.2. The first kappa shape index (κ1) is 17.0. The molecule has 3 rings (SSSR count). The van der Waals surface area contributed by atoms with Gasteiger partial charge in [0, 0.05) is 28.6 Å². The second kappa shape index (κ2) is 7.35. The van der Waals surface area contributed by atoms with Crippen LogP contribution in [0.15, 0.2) is 65.3 Å². The van der Waals surface area contributed by atoms with Crippen molar-refractivity contribution in [3.05, 3.63) is 71.4 Å². The average molecular weight is 347 g/mol. The molecule has 1 aliphatic heterocycles. The number of carbonyl (C=O) groups is 4. The van der Waals surface area contributed by atoms with Crippen molar-refractivity contribution in [1.29, 1.82) is 0 Å². The normalized spacial score (nSPS) is 13.5. The Hall–Kier alpha value is -3.87. The van der Waals surface area contributed by atoms with Gasteiger partial charge in [0.15, 0.2) is 5.84 Å². The molecule has 2 aromatic rings. The zero-order chi connectivity index (χ0) is 18.5. The number of hydrogen-bond donors (Lipinski definition) is 2. The van der Waals surface area contributed by atoms with Crippen LogP contribution in [0.1, 0.15) is 20.7 Å². The topological polar surface area (TPSA) is 105 Å². The Morgan fingerprint density at radius 2 is 1.38 bits per heavy atom. The van der Waals surface area contributed by atoms with Gasteiger partial charge in [0.1, 0.15) is 12.6 Å². The maximum absolute atomic E-state index is 11.7. The first-order valence-corrected chi connectivity index (χ1v) is 7.62. The van der Waals surface area contributed by atoms with Crippen LogP contribution < -0.4 is 10.6 Å². The van der Waals surface area contributed by atoms with Crippen molar-refractivity contribution in [2.24, 2.45) is 4.99 Å². The van der Waals surface area contributed by atoms with E-state index in [9.17, 15) is 19.2 Å². The lowest BCUT2D eigenvalue weighted by molar-refractivity contribution is -0.133. The van der Waals surface area contributed by atoms with Crippen LogP contribution in [0.4, 0.5) is 11.4 Å². The van der Waals surface area contributed by atoms with Crippen molar-refractivity contribution >= 4 is 41.5 Å². The fourth-order valence-corrected chi connectivity index (χ4v) is 2.34. The summed E-state index contributed by atoms with van der Waals surface area (Å²) in [5.41, 5.74) is 2.27. The van der Waals surface area contributed by atoms with Gasteiger partial charge in [0.25, 0.3) is 0 Å². The predicted molar refractivity (Wildman–Crippen MR) is 96.4 cm³/mol. The van der Waals surface area contributed by atoms with Gasteiger partial charge in [-0.15, -0.1) is 0 Å². The van der Waals surface area contributed by atoms with Crippen LogP contribution in [-0.4, -0.2) is 30.1 Å². The third kappa shape index (κ3) is 3.78. The lowest BCUT2D eigenvalue weighted by Crippen LogP contribution is -2.29. The summed E-state index contributed by atoms with van der Waals surface area (Å²) in [6.07, 6.45) is 2.53. The van der Waals surface area contributed by atoms with Crippen molar-refractivity contribution in [3.63, 3.8) is 0 Å². The van der Waals surface area contributed by atoms with Gasteiger partial charge in [-0.2, -0.15) is 4.99 Å². The van der Waals surface area contributed by atoms with Crippen LogP contribution in [0, 0.1) is 0 Å². The second-order valence-corrected chi connectivity index (χ2v) is 5.42. The number of ketones is 1. The van der Waals surface area contributed by atoms with Crippen LogP contribution in [0.5, 0.6) is 0 Å². The Kier molecular flexibility index (Phi) is 4.80. The molecule has 0 spiro atoms. The number of aliphatic imine (C=N–C) groups is 1.